The zero-order valence-corrected chi connectivity index (χ0v) is 33.2. The Morgan fingerprint density at radius 2 is 1.44 bits per heavy atom. The van der Waals surface area contributed by atoms with Gasteiger partial charge in [-0.1, -0.05) is 134 Å². The summed E-state index contributed by atoms with van der Waals surface area (Å²) in [5, 5.41) is 2.86. The van der Waals surface area contributed by atoms with Gasteiger partial charge < -0.3 is 9.47 Å². The van der Waals surface area contributed by atoms with E-state index in [0.717, 1.165) is 13.0 Å². The van der Waals surface area contributed by atoms with Crippen LogP contribution >= 0.6 is 11.8 Å². The van der Waals surface area contributed by atoms with E-state index in [-0.39, 0.29) is 11.3 Å². The Bertz CT molecular complexity index is 2480. The molecule has 54 heavy (non-hydrogen) atoms. The maximum absolute atomic E-state index is 2.54. The zero-order chi connectivity index (χ0) is 37.3. The molecule has 2 nitrogen and oxygen atoms in total. The smallest absolute Gasteiger partial charge is 0.0713 e. The highest BCUT2D eigenvalue weighted by molar-refractivity contribution is 8.00. The molecule has 270 valence electrons. The second-order valence-electron chi connectivity index (χ2n) is 15.0. The van der Waals surface area contributed by atoms with Crippen molar-refractivity contribution in [2.75, 3.05) is 11.9 Å². The minimum atomic E-state index is 0.173. The standard InChI is InChI=1S/C45H44N2S.C6H6/c1-7-47-39-19-12-11-18-36(39)38-27-33(22-25-40(38)47)31(5)42(35-23-20-28(2)26-30(35)4)45-43(46(6)34-16-9-8-10-17-34)37-24-21-32-15-13-14-29(3)41(32)44(37)48-45;1-2-4-6-5-3-1/h8-13,15-27,29,43,45H,7,14H2,1-6H3;1-6H/b42-31-;. The van der Waals surface area contributed by atoms with E-state index in [1.807, 2.05) is 36.4 Å². The number of anilines is 1. The molecule has 1 aliphatic carbocycles. The first-order chi connectivity index (χ1) is 26.4. The number of para-hydroxylation sites is 2. The van der Waals surface area contributed by atoms with E-state index in [9.17, 15) is 0 Å². The van der Waals surface area contributed by atoms with E-state index >= 15 is 0 Å². The van der Waals surface area contributed by atoms with Crippen LogP contribution in [0.3, 0.4) is 0 Å². The molecule has 3 unspecified atom stereocenters. The third-order valence-corrected chi connectivity index (χ3v) is 13.0. The molecule has 0 saturated carbocycles. The Balaban J connectivity index is 0.000000630. The van der Waals surface area contributed by atoms with Gasteiger partial charge in [0.05, 0.1) is 11.3 Å². The Kier molecular flexibility index (Phi) is 10.1. The molecule has 0 radical (unpaired) electrons. The predicted molar refractivity (Wildman–Crippen MR) is 236 cm³/mol. The average Bonchev–Trinajstić information content (AvgIpc) is 3.75. The van der Waals surface area contributed by atoms with Crippen molar-refractivity contribution < 1.29 is 0 Å². The van der Waals surface area contributed by atoms with Gasteiger partial charge in [-0.15, -0.1) is 11.8 Å². The van der Waals surface area contributed by atoms with Crippen LogP contribution in [-0.4, -0.2) is 16.9 Å². The van der Waals surface area contributed by atoms with Crippen LogP contribution in [-0.2, 0) is 6.54 Å². The first kappa shape index (κ1) is 35.8. The molecule has 0 saturated heterocycles. The van der Waals surface area contributed by atoms with Gasteiger partial charge in [0.1, 0.15) is 0 Å². The number of thioether (sulfide) groups is 1. The number of aromatic nitrogens is 1. The van der Waals surface area contributed by atoms with Gasteiger partial charge in [-0.25, -0.2) is 0 Å². The molecule has 0 amide bonds. The number of allylic oxidation sites excluding steroid dienone is 2. The lowest BCUT2D eigenvalue weighted by Gasteiger charge is -2.34. The molecule has 1 aromatic heterocycles. The number of rotatable bonds is 6. The number of nitrogens with zero attached hydrogens (tertiary/aromatic N) is 2. The molecule has 0 fully saturated rings. The van der Waals surface area contributed by atoms with Crippen LogP contribution in [0.4, 0.5) is 5.69 Å². The molecule has 2 heterocycles. The molecule has 6 aromatic carbocycles. The van der Waals surface area contributed by atoms with E-state index in [4.69, 9.17) is 0 Å². The Morgan fingerprint density at radius 3 is 2.17 bits per heavy atom. The van der Waals surface area contributed by atoms with Crippen LogP contribution in [0, 0.1) is 13.8 Å². The minimum Gasteiger partial charge on any atom is -0.366 e. The highest BCUT2D eigenvalue weighted by Gasteiger charge is 2.42. The number of aryl methyl sites for hydroxylation is 3. The number of hydrogen-bond donors (Lipinski definition) is 0. The zero-order valence-electron chi connectivity index (χ0n) is 32.4. The summed E-state index contributed by atoms with van der Waals surface area (Å²) in [5.74, 6) is 0.502. The molecular weight excluding hydrogens is 673 g/mol. The van der Waals surface area contributed by atoms with Crippen molar-refractivity contribution in [1.82, 2.24) is 4.57 Å². The second kappa shape index (κ2) is 15.2. The van der Waals surface area contributed by atoms with Crippen molar-refractivity contribution >= 4 is 56.5 Å². The Morgan fingerprint density at radius 1 is 0.759 bits per heavy atom. The van der Waals surface area contributed by atoms with E-state index in [1.54, 1.807) is 0 Å². The topological polar surface area (TPSA) is 8.17 Å². The van der Waals surface area contributed by atoms with E-state index in [2.05, 4.69) is 178 Å². The SMILES string of the molecule is CCn1c2ccccc2c2cc(/C(C)=C(/c3ccc(C)cc3C)C3Sc4c(ccc5c4C(C)CC=C5)C3N(C)c3ccccc3)ccc21.c1ccccc1. The van der Waals surface area contributed by atoms with Crippen LogP contribution < -0.4 is 4.90 Å². The number of hydrogen-bond acceptors (Lipinski definition) is 2. The van der Waals surface area contributed by atoms with Crippen LogP contribution in [0.15, 0.2) is 150 Å². The predicted octanol–water partition coefficient (Wildman–Crippen LogP) is 13.9. The summed E-state index contributed by atoms with van der Waals surface area (Å²) in [6.45, 7) is 12.5. The first-order valence-electron chi connectivity index (χ1n) is 19.4. The Labute approximate surface area is 325 Å². The third-order valence-electron chi connectivity index (χ3n) is 11.5. The lowest BCUT2D eigenvalue weighted by molar-refractivity contribution is 0.694. The molecule has 9 rings (SSSR count). The van der Waals surface area contributed by atoms with Crippen molar-refractivity contribution in [3.05, 3.63) is 185 Å². The second-order valence-corrected chi connectivity index (χ2v) is 16.1. The van der Waals surface area contributed by atoms with Gasteiger partial charge in [-0.05, 0) is 115 Å². The largest absolute Gasteiger partial charge is 0.366 e. The molecule has 0 spiro atoms. The first-order valence-corrected chi connectivity index (χ1v) is 20.3. The van der Waals surface area contributed by atoms with Gasteiger partial charge in [0.15, 0.2) is 0 Å². The van der Waals surface area contributed by atoms with Crippen LogP contribution in [0.25, 0.3) is 39.0 Å². The molecule has 0 bridgehead atoms. The van der Waals surface area contributed by atoms with Gasteiger partial charge in [-0.2, -0.15) is 0 Å². The fraction of sp³-hybridized carbons (Fsp3) is 0.216. The Hall–Kier alpha value is -5.25. The molecule has 1 aliphatic heterocycles. The quantitative estimate of drug-likeness (QED) is 0.158. The summed E-state index contributed by atoms with van der Waals surface area (Å²) in [5.41, 5.74) is 16.3. The van der Waals surface area contributed by atoms with Gasteiger partial charge in [0.2, 0.25) is 0 Å². The van der Waals surface area contributed by atoms with E-state index in [0.29, 0.717) is 5.92 Å². The van der Waals surface area contributed by atoms with Crippen molar-refractivity contribution in [2.45, 2.75) is 69.7 Å². The molecule has 3 atom stereocenters. The van der Waals surface area contributed by atoms with E-state index < -0.39 is 0 Å². The van der Waals surface area contributed by atoms with Crippen molar-refractivity contribution in [3.63, 3.8) is 0 Å². The highest BCUT2D eigenvalue weighted by atomic mass is 32.2. The fourth-order valence-corrected chi connectivity index (χ4v) is 10.7. The van der Waals surface area contributed by atoms with Gasteiger partial charge >= 0.3 is 0 Å². The third kappa shape index (κ3) is 6.49. The normalized spacial score (nSPS) is 17.8. The average molecular weight is 723 g/mol. The molecular formula is C51H50N2S. The van der Waals surface area contributed by atoms with Gasteiger partial charge in [-0.3, -0.25) is 0 Å². The summed E-state index contributed by atoms with van der Waals surface area (Å²) >= 11 is 2.10. The number of fused-ring (bicyclic) bond motifs is 6. The molecule has 2 aliphatic rings. The maximum Gasteiger partial charge on any atom is 0.0713 e. The highest BCUT2D eigenvalue weighted by Crippen LogP contribution is 2.57. The minimum absolute atomic E-state index is 0.173. The van der Waals surface area contributed by atoms with Gasteiger partial charge in [0, 0.05) is 46.0 Å². The van der Waals surface area contributed by atoms with Crippen molar-refractivity contribution in [1.29, 1.82) is 0 Å². The van der Waals surface area contributed by atoms with Gasteiger partial charge in [0.25, 0.3) is 0 Å². The van der Waals surface area contributed by atoms with E-state index in [1.165, 1.54) is 82.5 Å². The van der Waals surface area contributed by atoms with Crippen molar-refractivity contribution in [3.8, 4) is 0 Å². The summed E-state index contributed by atoms with van der Waals surface area (Å²) in [4.78, 5) is 4.02. The summed E-state index contributed by atoms with van der Waals surface area (Å²) in [7, 11) is 2.30. The van der Waals surface area contributed by atoms with Crippen LogP contribution in [0.5, 0.6) is 0 Å². The summed E-state index contributed by atoms with van der Waals surface area (Å²) in [6, 6.07) is 51.0. The summed E-state index contributed by atoms with van der Waals surface area (Å²) < 4.78 is 2.45. The monoisotopic (exact) mass is 722 g/mol. The van der Waals surface area contributed by atoms with Crippen LogP contribution in [0.1, 0.15) is 78.1 Å². The fourth-order valence-electron chi connectivity index (χ4n) is 8.83. The lowest BCUT2D eigenvalue weighted by atomic mass is 9.83. The number of benzene rings is 6. The summed E-state index contributed by atoms with van der Waals surface area (Å²) in [6.07, 6.45) is 5.78. The molecule has 7 aromatic rings. The lowest BCUT2D eigenvalue weighted by Crippen LogP contribution is -2.31. The van der Waals surface area contributed by atoms with Crippen molar-refractivity contribution in [2.24, 2.45) is 0 Å². The maximum atomic E-state index is 2.54. The molecule has 0 N–H and O–H groups in total. The molecule has 3 heteroatoms. The van der Waals surface area contributed by atoms with Crippen LogP contribution in [0.2, 0.25) is 0 Å².